The van der Waals surface area contributed by atoms with Crippen LogP contribution in [0.15, 0.2) is 51.8 Å². The van der Waals surface area contributed by atoms with Gasteiger partial charge >= 0.3 is 5.97 Å². The molecule has 0 aromatic heterocycles. The molecule has 8 heteroatoms. The molecule has 0 amide bonds. The van der Waals surface area contributed by atoms with E-state index in [1.54, 1.807) is 25.1 Å². The average molecular weight is 489 g/mol. The Morgan fingerprint density at radius 1 is 1.21 bits per heavy atom. The second-order valence-corrected chi connectivity index (χ2v) is 9.74. The fourth-order valence-corrected chi connectivity index (χ4v) is 5.55. The number of aliphatic carboxylic acids is 1. The van der Waals surface area contributed by atoms with Gasteiger partial charge in [-0.05, 0) is 62.1 Å². The predicted molar refractivity (Wildman–Crippen MR) is 114 cm³/mol. The van der Waals surface area contributed by atoms with Gasteiger partial charge in [0, 0.05) is 28.5 Å². The molecule has 0 saturated heterocycles. The Balaban J connectivity index is 2.41. The maximum Gasteiger partial charge on any atom is 0.303 e. The first-order valence-corrected chi connectivity index (χ1v) is 11.5. The molecule has 1 unspecified atom stereocenters. The monoisotopic (exact) mass is 487 g/mol. The van der Waals surface area contributed by atoms with E-state index in [2.05, 4.69) is 15.9 Å². The van der Waals surface area contributed by atoms with Crippen molar-refractivity contribution < 1.29 is 18.3 Å². The lowest BCUT2D eigenvalue weighted by atomic mass is 10.1. The van der Waals surface area contributed by atoms with Crippen molar-refractivity contribution in [3.05, 3.63) is 63.1 Å². The summed E-state index contributed by atoms with van der Waals surface area (Å²) in [5, 5.41) is 9.24. The molecule has 0 aliphatic carbocycles. The summed E-state index contributed by atoms with van der Waals surface area (Å²) in [6, 6.07) is 11.9. The Morgan fingerprint density at radius 2 is 1.89 bits per heavy atom. The molecule has 0 bridgehead atoms. The van der Waals surface area contributed by atoms with Crippen LogP contribution in [0.2, 0.25) is 5.02 Å². The molecule has 2 aromatic rings. The van der Waals surface area contributed by atoms with E-state index in [-0.39, 0.29) is 17.9 Å². The van der Waals surface area contributed by atoms with E-state index in [9.17, 15) is 13.2 Å². The molecular formula is C20H23BrClNO4S. The Bertz CT molecular complexity index is 949. The molecule has 0 radical (unpaired) electrons. The standard InChI is InChI=1S/C20H23BrClNO4S/c1-14-18(22)9-6-10-19(14)28(26,27)23(12-4-3-11-20(24)25)15(2)16-7-5-8-17(21)13-16/h5-10,13,15H,3-4,11-12H2,1-2H3,(H,24,25). The van der Waals surface area contributed by atoms with Gasteiger partial charge in [-0.25, -0.2) is 8.42 Å². The van der Waals surface area contributed by atoms with Crippen LogP contribution >= 0.6 is 27.5 Å². The predicted octanol–water partition coefficient (Wildman–Crippen LogP) is 5.42. The number of nitrogens with zero attached hydrogens (tertiary/aromatic N) is 1. The van der Waals surface area contributed by atoms with Crippen LogP contribution in [0, 0.1) is 6.92 Å². The van der Waals surface area contributed by atoms with Gasteiger partial charge in [-0.1, -0.05) is 45.7 Å². The highest BCUT2D eigenvalue weighted by Gasteiger charge is 2.31. The number of carboxylic acids is 1. The fourth-order valence-electron chi connectivity index (χ4n) is 2.99. The number of halogens is 2. The highest BCUT2D eigenvalue weighted by atomic mass is 79.9. The quantitative estimate of drug-likeness (QED) is 0.478. The molecule has 5 nitrogen and oxygen atoms in total. The van der Waals surface area contributed by atoms with E-state index in [4.69, 9.17) is 16.7 Å². The highest BCUT2D eigenvalue weighted by Crippen LogP contribution is 2.32. The Hall–Kier alpha value is -1.41. The topological polar surface area (TPSA) is 74.7 Å². The lowest BCUT2D eigenvalue weighted by Gasteiger charge is -2.29. The van der Waals surface area contributed by atoms with Gasteiger partial charge < -0.3 is 5.11 Å². The number of carbonyl (C=O) groups is 1. The van der Waals surface area contributed by atoms with Gasteiger partial charge in [0.2, 0.25) is 10.0 Å². The van der Waals surface area contributed by atoms with Crippen LogP contribution in [-0.2, 0) is 14.8 Å². The average Bonchev–Trinajstić information content (AvgIpc) is 2.62. The molecule has 0 fully saturated rings. The number of sulfonamides is 1. The summed E-state index contributed by atoms with van der Waals surface area (Å²) >= 11 is 9.57. The summed E-state index contributed by atoms with van der Waals surface area (Å²) in [5.74, 6) is -0.889. The van der Waals surface area contributed by atoms with Crippen molar-refractivity contribution in [3.8, 4) is 0 Å². The van der Waals surface area contributed by atoms with Crippen LogP contribution in [0.4, 0.5) is 0 Å². The van der Waals surface area contributed by atoms with Gasteiger partial charge in [0.1, 0.15) is 0 Å². The molecule has 2 rings (SSSR count). The van der Waals surface area contributed by atoms with Gasteiger partial charge in [-0.3, -0.25) is 4.79 Å². The molecule has 152 valence electrons. The van der Waals surface area contributed by atoms with Gasteiger partial charge in [0.05, 0.1) is 4.90 Å². The smallest absolute Gasteiger partial charge is 0.303 e. The fraction of sp³-hybridized carbons (Fsp3) is 0.350. The van der Waals surface area contributed by atoms with Crippen molar-refractivity contribution in [2.24, 2.45) is 0 Å². The number of hydrogen-bond acceptors (Lipinski definition) is 3. The SMILES string of the molecule is Cc1c(Cl)cccc1S(=O)(=O)N(CCCCC(=O)O)C(C)c1cccc(Br)c1. The van der Waals surface area contributed by atoms with Gasteiger partial charge in [-0.2, -0.15) is 4.31 Å². The normalized spacial score (nSPS) is 12.9. The molecule has 0 saturated carbocycles. The first-order valence-electron chi connectivity index (χ1n) is 8.89. The van der Waals surface area contributed by atoms with Gasteiger partial charge in [-0.15, -0.1) is 0 Å². The Labute approximate surface area is 179 Å². The molecule has 0 aliphatic heterocycles. The summed E-state index contributed by atoms with van der Waals surface area (Å²) in [5.41, 5.74) is 1.34. The first kappa shape index (κ1) is 22.9. The zero-order valence-corrected chi connectivity index (χ0v) is 18.9. The zero-order valence-electron chi connectivity index (χ0n) is 15.7. The number of carboxylic acid groups (broad SMARTS) is 1. The van der Waals surface area contributed by atoms with E-state index in [1.807, 2.05) is 31.2 Å². The van der Waals surface area contributed by atoms with Crippen LogP contribution < -0.4 is 0 Å². The van der Waals surface area contributed by atoms with Crippen LogP contribution in [0.5, 0.6) is 0 Å². The van der Waals surface area contributed by atoms with Crippen molar-refractivity contribution in [1.82, 2.24) is 4.31 Å². The number of unbranched alkanes of at least 4 members (excludes halogenated alkanes) is 1. The van der Waals surface area contributed by atoms with Crippen LogP contribution in [0.25, 0.3) is 0 Å². The lowest BCUT2D eigenvalue weighted by molar-refractivity contribution is -0.137. The summed E-state index contributed by atoms with van der Waals surface area (Å²) in [6.45, 7) is 3.73. The maximum absolute atomic E-state index is 13.5. The van der Waals surface area contributed by atoms with Crippen molar-refractivity contribution in [1.29, 1.82) is 0 Å². The second-order valence-electron chi connectivity index (χ2n) is 6.56. The van der Waals surface area contributed by atoms with Crippen molar-refractivity contribution >= 4 is 43.5 Å². The molecule has 0 heterocycles. The Morgan fingerprint density at radius 3 is 2.54 bits per heavy atom. The molecule has 1 atom stereocenters. The number of hydrogen-bond donors (Lipinski definition) is 1. The molecule has 0 spiro atoms. The second kappa shape index (κ2) is 9.87. The number of rotatable bonds is 9. The van der Waals surface area contributed by atoms with E-state index in [1.165, 1.54) is 4.31 Å². The van der Waals surface area contributed by atoms with E-state index >= 15 is 0 Å². The summed E-state index contributed by atoms with van der Waals surface area (Å²) < 4.78 is 29.2. The lowest BCUT2D eigenvalue weighted by Crippen LogP contribution is -2.35. The van der Waals surface area contributed by atoms with Crippen LogP contribution in [0.1, 0.15) is 43.4 Å². The summed E-state index contributed by atoms with van der Waals surface area (Å²) in [7, 11) is -3.83. The van der Waals surface area contributed by atoms with E-state index in [0.29, 0.717) is 23.4 Å². The Kier molecular flexibility index (Phi) is 8.07. The van der Waals surface area contributed by atoms with Crippen molar-refractivity contribution in [2.75, 3.05) is 6.54 Å². The van der Waals surface area contributed by atoms with Crippen LogP contribution in [-0.4, -0.2) is 30.3 Å². The highest BCUT2D eigenvalue weighted by molar-refractivity contribution is 9.10. The van der Waals surface area contributed by atoms with Crippen molar-refractivity contribution in [3.63, 3.8) is 0 Å². The minimum Gasteiger partial charge on any atom is -0.481 e. The molecule has 28 heavy (non-hydrogen) atoms. The largest absolute Gasteiger partial charge is 0.481 e. The summed E-state index contributed by atoms with van der Waals surface area (Å²) in [4.78, 5) is 11.0. The van der Waals surface area contributed by atoms with Gasteiger partial charge in [0.15, 0.2) is 0 Å². The molecule has 1 N–H and O–H groups in total. The third-order valence-corrected chi connectivity index (χ3v) is 7.60. The molecule has 2 aromatic carbocycles. The number of benzene rings is 2. The molecular weight excluding hydrogens is 466 g/mol. The minimum atomic E-state index is -3.83. The van der Waals surface area contributed by atoms with Crippen LogP contribution in [0.3, 0.4) is 0 Å². The van der Waals surface area contributed by atoms with E-state index < -0.39 is 22.0 Å². The third-order valence-electron chi connectivity index (χ3n) is 4.59. The zero-order chi connectivity index (χ0) is 20.9. The maximum atomic E-state index is 13.5. The molecule has 0 aliphatic rings. The van der Waals surface area contributed by atoms with Crippen molar-refractivity contribution in [2.45, 2.75) is 44.0 Å². The summed E-state index contributed by atoms with van der Waals surface area (Å²) in [6.07, 6.45) is 0.861. The van der Waals surface area contributed by atoms with E-state index in [0.717, 1.165) is 10.0 Å². The minimum absolute atomic E-state index is 0.00927. The van der Waals surface area contributed by atoms with Gasteiger partial charge in [0.25, 0.3) is 0 Å². The first-order chi connectivity index (χ1) is 13.1. The third kappa shape index (κ3) is 5.56.